The zero-order valence-electron chi connectivity index (χ0n) is 12.2. The van der Waals surface area contributed by atoms with Crippen molar-refractivity contribution in [2.24, 2.45) is 0 Å². The van der Waals surface area contributed by atoms with Crippen LogP contribution in [-0.4, -0.2) is 19.1 Å². The van der Waals surface area contributed by atoms with E-state index in [4.69, 9.17) is 16.3 Å². The molecule has 0 unspecified atom stereocenters. The van der Waals surface area contributed by atoms with Gasteiger partial charge >= 0.3 is 0 Å². The van der Waals surface area contributed by atoms with Gasteiger partial charge in [0.2, 0.25) is 5.91 Å². The van der Waals surface area contributed by atoms with Crippen molar-refractivity contribution in [2.75, 3.05) is 13.2 Å². The van der Waals surface area contributed by atoms with Gasteiger partial charge in [0.05, 0.1) is 18.0 Å². The predicted molar refractivity (Wildman–Crippen MR) is 84.8 cm³/mol. The third-order valence-electron chi connectivity index (χ3n) is 3.02. The van der Waals surface area contributed by atoms with Crippen molar-refractivity contribution in [1.82, 2.24) is 5.32 Å². The van der Waals surface area contributed by atoms with E-state index in [0.717, 1.165) is 11.1 Å². The maximum Gasteiger partial charge on any atom is 0.224 e. The lowest BCUT2D eigenvalue weighted by molar-refractivity contribution is -0.120. The second kappa shape index (κ2) is 7.80. The molecule has 3 nitrogen and oxygen atoms in total. The number of hydrogen-bond donors (Lipinski definition) is 1. The van der Waals surface area contributed by atoms with Crippen molar-refractivity contribution in [2.45, 2.75) is 13.3 Å². The van der Waals surface area contributed by atoms with Crippen LogP contribution in [0, 0.1) is 12.7 Å². The molecule has 0 saturated heterocycles. The molecule has 1 N–H and O–H groups in total. The molecule has 5 heteroatoms. The summed E-state index contributed by atoms with van der Waals surface area (Å²) in [5.41, 5.74) is 2.10. The van der Waals surface area contributed by atoms with Crippen molar-refractivity contribution in [1.29, 1.82) is 0 Å². The van der Waals surface area contributed by atoms with Gasteiger partial charge in [-0.25, -0.2) is 4.39 Å². The molecule has 0 aliphatic carbocycles. The average molecular weight is 322 g/mol. The van der Waals surface area contributed by atoms with E-state index in [2.05, 4.69) is 5.32 Å². The highest BCUT2D eigenvalue weighted by atomic mass is 35.5. The molecular formula is C17H17ClFNO2. The van der Waals surface area contributed by atoms with Gasteiger partial charge in [0.15, 0.2) is 0 Å². The predicted octanol–water partition coefficient (Wildman–Crippen LogP) is 3.53. The average Bonchev–Trinajstić information content (AvgIpc) is 2.45. The van der Waals surface area contributed by atoms with Gasteiger partial charge in [0.25, 0.3) is 0 Å². The van der Waals surface area contributed by atoms with Crippen LogP contribution in [-0.2, 0) is 11.2 Å². The Bertz CT molecular complexity index is 661. The van der Waals surface area contributed by atoms with Crippen LogP contribution in [0.3, 0.4) is 0 Å². The van der Waals surface area contributed by atoms with Gasteiger partial charge < -0.3 is 10.1 Å². The maximum absolute atomic E-state index is 12.9. The van der Waals surface area contributed by atoms with Gasteiger partial charge in [-0.2, -0.15) is 0 Å². The maximum atomic E-state index is 12.9. The second-order valence-electron chi connectivity index (χ2n) is 4.94. The van der Waals surface area contributed by atoms with E-state index in [1.165, 1.54) is 18.2 Å². The van der Waals surface area contributed by atoms with Crippen molar-refractivity contribution < 1.29 is 13.9 Å². The minimum atomic E-state index is -0.413. The molecule has 0 bridgehead atoms. The van der Waals surface area contributed by atoms with Crippen molar-refractivity contribution >= 4 is 17.5 Å². The Kier molecular flexibility index (Phi) is 5.78. The van der Waals surface area contributed by atoms with Crippen LogP contribution in [0.4, 0.5) is 4.39 Å². The van der Waals surface area contributed by atoms with Crippen LogP contribution in [0.5, 0.6) is 5.75 Å². The SMILES string of the molecule is Cc1cccc(CC(=O)NCCOc2ccc(F)cc2Cl)c1. The fraction of sp³-hybridized carbons (Fsp3) is 0.235. The first-order valence-corrected chi connectivity index (χ1v) is 7.32. The van der Waals surface area contributed by atoms with Crippen LogP contribution in [0.25, 0.3) is 0 Å². The van der Waals surface area contributed by atoms with E-state index in [1.54, 1.807) is 0 Å². The van der Waals surface area contributed by atoms with E-state index in [-0.39, 0.29) is 17.5 Å². The lowest BCUT2D eigenvalue weighted by atomic mass is 10.1. The van der Waals surface area contributed by atoms with Crippen LogP contribution >= 0.6 is 11.6 Å². The summed E-state index contributed by atoms with van der Waals surface area (Å²) >= 11 is 5.84. The molecule has 0 fully saturated rings. The molecule has 0 saturated carbocycles. The molecule has 0 heterocycles. The normalized spacial score (nSPS) is 10.3. The minimum absolute atomic E-state index is 0.0700. The fourth-order valence-corrected chi connectivity index (χ4v) is 2.24. The number of carbonyl (C=O) groups is 1. The Balaban J connectivity index is 1.73. The number of carbonyl (C=O) groups excluding carboxylic acids is 1. The Hall–Kier alpha value is -2.07. The molecule has 0 aliphatic heterocycles. The molecule has 0 radical (unpaired) electrons. The van der Waals surface area contributed by atoms with Gasteiger partial charge in [-0.15, -0.1) is 0 Å². The molecule has 2 rings (SSSR count). The highest BCUT2D eigenvalue weighted by Crippen LogP contribution is 2.24. The van der Waals surface area contributed by atoms with E-state index in [1.807, 2.05) is 31.2 Å². The number of amides is 1. The Morgan fingerprint density at radius 2 is 2.09 bits per heavy atom. The third-order valence-corrected chi connectivity index (χ3v) is 3.32. The molecular weight excluding hydrogens is 305 g/mol. The first kappa shape index (κ1) is 16.3. The quantitative estimate of drug-likeness (QED) is 0.827. The first-order valence-electron chi connectivity index (χ1n) is 6.94. The minimum Gasteiger partial charge on any atom is -0.490 e. The van der Waals surface area contributed by atoms with E-state index in [9.17, 15) is 9.18 Å². The van der Waals surface area contributed by atoms with E-state index >= 15 is 0 Å². The van der Waals surface area contributed by atoms with Gasteiger partial charge in [0.1, 0.15) is 18.2 Å². The van der Waals surface area contributed by atoms with Gasteiger partial charge in [-0.05, 0) is 30.7 Å². The van der Waals surface area contributed by atoms with Crippen LogP contribution in [0.2, 0.25) is 5.02 Å². The molecule has 0 aromatic heterocycles. The van der Waals surface area contributed by atoms with E-state index in [0.29, 0.717) is 18.7 Å². The molecule has 2 aromatic rings. The number of ether oxygens (including phenoxy) is 1. The summed E-state index contributed by atoms with van der Waals surface area (Å²) in [6.07, 6.45) is 0.332. The van der Waals surface area contributed by atoms with E-state index < -0.39 is 5.82 Å². The molecule has 2 aromatic carbocycles. The van der Waals surface area contributed by atoms with Gasteiger partial charge in [-0.3, -0.25) is 4.79 Å². The lowest BCUT2D eigenvalue weighted by Gasteiger charge is -2.09. The summed E-state index contributed by atoms with van der Waals surface area (Å²) in [6.45, 7) is 2.62. The number of nitrogens with one attached hydrogen (secondary N) is 1. The third kappa shape index (κ3) is 5.04. The molecule has 0 aliphatic rings. The fourth-order valence-electron chi connectivity index (χ4n) is 2.01. The summed E-state index contributed by atoms with van der Waals surface area (Å²) in [5, 5.41) is 2.98. The van der Waals surface area contributed by atoms with Crippen molar-refractivity contribution in [3.63, 3.8) is 0 Å². The monoisotopic (exact) mass is 321 g/mol. The number of halogens is 2. The molecule has 0 atom stereocenters. The number of rotatable bonds is 6. The molecule has 0 spiro atoms. The highest BCUT2D eigenvalue weighted by molar-refractivity contribution is 6.32. The zero-order chi connectivity index (χ0) is 15.9. The second-order valence-corrected chi connectivity index (χ2v) is 5.35. The summed E-state index contributed by atoms with van der Waals surface area (Å²) < 4.78 is 18.3. The summed E-state index contributed by atoms with van der Waals surface area (Å²) in [6, 6.07) is 11.7. The van der Waals surface area contributed by atoms with Gasteiger partial charge in [0, 0.05) is 0 Å². The van der Waals surface area contributed by atoms with Crippen LogP contribution in [0.1, 0.15) is 11.1 Å². The van der Waals surface area contributed by atoms with Gasteiger partial charge in [-0.1, -0.05) is 41.4 Å². The van der Waals surface area contributed by atoms with Crippen molar-refractivity contribution in [3.8, 4) is 5.75 Å². The van der Waals surface area contributed by atoms with Crippen LogP contribution < -0.4 is 10.1 Å². The number of hydrogen-bond acceptors (Lipinski definition) is 2. The summed E-state index contributed by atoms with van der Waals surface area (Å²) in [4.78, 5) is 11.8. The Morgan fingerprint density at radius 3 is 2.82 bits per heavy atom. The zero-order valence-corrected chi connectivity index (χ0v) is 13.0. The molecule has 116 valence electrons. The van der Waals surface area contributed by atoms with Crippen molar-refractivity contribution in [3.05, 3.63) is 64.4 Å². The molecule has 1 amide bonds. The molecule has 22 heavy (non-hydrogen) atoms. The largest absolute Gasteiger partial charge is 0.490 e. The van der Waals surface area contributed by atoms with Crippen LogP contribution in [0.15, 0.2) is 42.5 Å². The topological polar surface area (TPSA) is 38.3 Å². The first-order chi connectivity index (χ1) is 10.5. The number of aryl methyl sites for hydroxylation is 1. The lowest BCUT2D eigenvalue weighted by Crippen LogP contribution is -2.29. The number of benzene rings is 2. The summed E-state index contributed by atoms with van der Waals surface area (Å²) in [5.74, 6) is -0.0841. The summed E-state index contributed by atoms with van der Waals surface area (Å²) in [7, 11) is 0. The Labute approximate surface area is 134 Å². The smallest absolute Gasteiger partial charge is 0.224 e. The standard InChI is InChI=1S/C17H17ClFNO2/c1-12-3-2-4-13(9-12)10-17(21)20-7-8-22-16-6-5-14(19)11-15(16)18/h2-6,9,11H,7-8,10H2,1H3,(H,20,21). The Morgan fingerprint density at radius 1 is 1.27 bits per heavy atom. The highest BCUT2D eigenvalue weighted by Gasteiger charge is 2.05.